The zero-order chi connectivity index (χ0) is 21.6. The molecule has 2 heterocycles. The van der Waals surface area contributed by atoms with Crippen molar-refractivity contribution in [1.82, 2.24) is 19.6 Å². The van der Waals surface area contributed by atoms with Crippen molar-refractivity contribution in [1.29, 1.82) is 0 Å². The number of halogens is 2. The molecule has 0 fully saturated rings. The lowest BCUT2D eigenvalue weighted by molar-refractivity contribution is 0.221. The average molecular weight is 501 g/mol. The molecule has 0 unspecified atom stereocenters. The van der Waals surface area contributed by atoms with Crippen molar-refractivity contribution in [2.45, 2.75) is 13.3 Å². The fraction of sp³-hybridized carbons (Fsp3) is 0.0952. The molecule has 0 spiro atoms. The number of thiocarbonyl (C=S) groups is 1. The van der Waals surface area contributed by atoms with Gasteiger partial charge in [-0.05, 0) is 42.5 Å². The third-order valence-electron chi connectivity index (χ3n) is 4.24. The summed E-state index contributed by atoms with van der Waals surface area (Å²) in [5.74, 6) is 1.04. The summed E-state index contributed by atoms with van der Waals surface area (Å²) in [6.07, 6.45) is 5.19. The van der Waals surface area contributed by atoms with Crippen LogP contribution in [0.4, 0.5) is 15.9 Å². The lowest BCUT2D eigenvalue weighted by Crippen LogP contribution is -2.19. The lowest BCUT2D eigenvalue weighted by Gasteiger charge is -2.07. The molecule has 4 rings (SSSR count). The highest BCUT2D eigenvalue weighted by atomic mass is 79.9. The maximum absolute atomic E-state index is 13.8. The maximum Gasteiger partial charge on any atom is 0.180 e. The van der Waals surface area contributed by atoms with Gasteiger partial charge in [-0.1, -0.05) is 34.1 Å². The highest BCUT2D eigenvalue weighted by Crippen LogP contribution is 2.17. The summed E-state index contributed by atoms with van der Waals surface area (Å²) in [5.41, 5.74) is 1.28. The molecular weight excluding hydrogens is 483 g/mol. The molecule has 31 heavy (non-hydrogen) atoms. The second-order valence-electron chi connectivity index (χ2n) is 6.56. The van der Waals surface area contributed by atoms with Crippen LogP contribution in [-0.4, -0.2) is 24.7 Å². The summed E-state index contributed by atoms with van der Waals surface area (Å²) in [7, 11) is 0. The van der Waals surface area contributed by atoms with Crippen molar-refractivity contribution >= 4 is 44.8 Å². The highest BCUT2D eigenvalue weighted by molar-refractivity contribution is 9.10. The van der Waals surface area contributed by atoms with Crippen molar-refractivity contribution < 1.29 is 9.13 Å². The van der Waals surface area contributed by atoms with Gasteiger partial charge in [0.1, 0.15) is 11.6 Å². The first-order valence-electron chi connectivity index (χ1n) is 9.31. The zero-order valence-electron chi connectivity index (χ0n) is 16.2. The van der Waals surface area contributed by atoms with Crippen molar-refractivity contribution in [3.8, 4) is 5.75 Å². The van der Waals surface area contributed by atoms with Crippen molar-refractivity contribution in [3.63, 3.8) is 0 Å². The molecule has 2 N–H and O–H groups in total. The molecule has 2 aromatic heterocycles. The Morgan fingerprint density at radius 3 is 2.68 bits per heavy atom. The Balaban J connectivity index is 1.28. The molecule has 0 aliphatic rings. The molecule has 0 saturated heterocycles. The predicted molar refractivity (Wildman–Crippen MR) is 125 cm³/mol. The summed E-state index contributed by atoms with van der Waals surface area (Å²) >= 11 is 8.73. The molecule has 0 radical (unpaired) electrons. The topological polar surface area (TPSA) is 68.9 Å². The van der Waals surface area contributed by atoms with Crippen LogP contribution >= 0.6 is 28.1 Å². The molecule has 158 valence electrons. The Bertz CT molecular complexity index is 1180. The Morgan fingerprint density at radius 1 is 1.06 bits per heavy atom. The maximum atomic E-state index is 13.8. The van der Waals surface area contributed by atoms with E-state index in [0.29, 0.717) is 28.7 Å². The summed E-state index contributed by atoms with van der Waals surface area (Å²) in [6, 6.07) is 16.0. The first-order chi connectivity index (χ1) is 15.0. The van der Waals surface area contributed by atoms with Crippen LogP contribution in [0.5, 0.6) is 5.75 Å². The molecule has 0 amide bonds. The van der Waals surface area contributed by atoms with Gasteiger partial charge in [0.05, 0.1) is 24.6 Å². The van der Waals surface area contributed by atoms with E-state index in [9.17, 15) is 4.39 Å². The normalized spacial score (nSPS) is 10.6. The van der Waals surface area contributed by atoms with E-state index in [4.69, 9.17) is 17.0 Å². The molecule has 0 saturated carbocycles. The van der Waals surface area contributed by atoms with E-state index in [1.165, 1.54) is 6.07 Å². The summed E-state index contributed by atoms with van der Waals surface area (Å²) in [4.78, 5) is 0. The fourth-order valence-electron chi connectivity index (χ4n) is 2.77. The summed E-state index contributed by atoms with van der Waals surface area (Å²) in [5, 5.41) is 15.0. The number of nitrogens with one attached hydrogen (secondary N) is 2. The second kappa shape index (κ2) is 9.71. The van der Waals surface area contributed by atoms with E-state index in [-0.39, 0.29) is 12.5 Å². The molecule has 0 aliphatic heterocycles. The molecule has 0 bridgehead atoms. The summed E-state index contributed by atoms with van der Waals surface area (Å²) < 4.78 is 23.8. The summed E-state index contributed by atoms with van der Waals surface area (Å²) in [6.45, 7) is 0.601. The minimum absolute atomic E-state index is 0.258. The molecule has 7 nitrogen and oxygen atoms in total. The quantitative estimate of drug-likeness (QED) is 0.352. The molecule has 10 heteroatoms. The van der Waals surface area contributed by atoms with Crippen LogP contribution in [0.3, 0.4) is 0 Å². The van der Waals surface area contributed by atoms with E-state index in [2.05, 4.69) is 36.8 Å². The number of nitrogens with zero attached hydrogens (tertiary/aromatic N) is 4. The monoisotopic (exact) mass is 500 g/mol. The van der Waals surface area contributed by atoms with Gasteiger partial charge >= 0.3 is 0 Å². The second-order valence-corrected chi connectivity index (χ2v) is 7.89. The molecular formula is C21H18BrFN6OS. The Labute approximate surface area is 192 Å². The number of benzene rings is 2. The SMILES string of the molecule is Fc1ccccc1Cn1ccc(NC(=S)Nc2cnn(COc3ccc(Br)cc3)c2)n1. The Hall–Kier alpha value is -3.24. The van der Waals surface area contributed by atoms with Gasteiger partial charge in [0.25, 0.3) is 0 Å². The number of hydrogen-bond donors (Lipinski definition) is 2. The fourth-order valence-corrected chi connectivity index (χ4v) is 3.25. The molecule has 0 atom stereocenters. The van der Waals surface area contributed by atoms with E-state index < -0.39 is 0 Å². The van der Waals surface area contributed by atoms with Gasteiger partial charge in [-0.25, -0.2) is 9.07 Å². The first kappa shape index (κ1) is 21.0. The van der Waals surface area contributed by atoms with Crippen LogP contribution in [0.25, 0.3) is 0 Å². The molecule has 4 aromatic rings. The van der Waals surface area contributed by atoms with Crippen LogP contribution < -0.4 is 15.4 Å². The first-order valence-corrected chi connectivity index (χ1v) is 10.5. The zero-order valence-corrected chi connectivity index (χ0v) is 18.6. The highest BCUT2D eigenvalue weighted by Gasteiger charge is 2.07. The molecule has 0 aliphatic carbocycles. The van der Waals surface area contributed by atoms with Crippen LogP contribution in [-0.2, 0) is 13.3 Å². The minimum atomic E-state index is -0.258. The van der Waals surface area contributed by atoms with Crippen LogP contribution in [0, 0.1) is 5.82 Å². The van der Waals surface area contributed by atoms with Gasteiger partial charge in [-0.2, -0.15) is 10.2 Å². The van der Waals surface area contributed by atoms with Gasteiger partial charge in [0, 0.05) is 22.3 Å². The predicted octanol–water partition coefficient (Wildman–Crippen LogP) is 4.87. The van der Waals surface area contributed by atoms with Crippen LogP contribution in [0.2, 0.25) is 0 Å². The van der Waals surface area contributed by atoms with Crippen LogP contribution in [0.1, 0.15) is 5.56 Å². The van der Waals surface area contributed by atoms with E-state index >= 15 is 0 Å². The standard InChI is InChI=1S/C21H18BrFN6OS/c22-16-5-7-18(8-6-16)30-14-29-13-17(11-24-29)25-21(31)26-20-9-10-28(27-20)12-15-3-1-2-4-19(15)23/h1-11,13H,12,14H2,(H2,25,26,27,31). The van der Waals surface area contributed by atoms with Gasteiger partial charge in [0.2, 0.25) is 0 Å². The van der Waals surface area contributed by atoms with Gasteiger partial charge in [-0.3, -0.25) is 4.68 Å². The van der Waals surface area contributed by atoms with Gasteiger partial charge < -0.3 is 15.4 Å². The number of anilines is 2. The Kier molecular flexibility index (Phi) is 6.58. The van der Waals surface area contributed by atoms with Crippen LogP contribution in [0.15, 0.2) is 77.7 Å². The Morgan fingerprint density at radius 2 is 1.87 bits per heavy atom. The average Bonchev–Trinajstić information content (AvgIpc) is 3.38. The lowest BCUT2D eigenvalue weighted by atomic mass is 10.2. The number of hydrogen-bond acceptors (Lipinski definition) is 4. The largest absolute Gasteiger partial charge is 0.471 e. The molecule has 2 aromatic carbocycles. The number of aromatic nitrogens is 4. The van der Waals surface area contributed by atoms with E-state index in [0.717, 1.165) is 10.2 Å². The van der Waals surface area contributed by atoms with Crippen molar-refractivity contribution in [3.05, 3.63) is 89.0 Å². The smallest absolute Gasteiger partial charge is 0.180 e. The number of ether oxygens (including phenoxy) is 1. The number of rotatable bonds is 7. The van der Waals surface area contributed by atoms with E-state index in [1.807, 2.05) is 24.3 Å². The third-order valence-corrected chi connectivity index (χ3v) is 4.97. The van der Waals surface area contributed by atoms with Gasteiger partial charge in [0.15, 0.2) is 17.7 Å². The minimum Gasteiger partial charge on any atom is -0.471 e. The van der Waals surface area contributed by atoms with Crippen molar-refractivity contribution in [2.75, 3.05) is 10.6 Å². The third kappa shape index (κ3) is 5.89. The van der Waals surface area contributed by atoms with E-state index in [1.54, 1.807) is 52.2 Å². The van der Waals surface area contributed by atoms with Crippen molar-refractivity contribution in [2.24, 2.45) is 0 Å². The van der Waals surface area contributed by atoms with Gasteiger partial charge in [-0.15, -0.1) is 0 Å².